The average molecular weight is 366 g/mol. The van der Waals surface area contributed by atoms with Gasteiger partial charge in [-0.15, -0.1) is 0 Å². The Balaban J connectivity index is 1.56. The van der Waals surface area contributed by atoms with Crippen molar-refractivity contribution in [2.45, 2.75) is 78.6 Å². The van der Waals surface area contributed by atoms with Crippen molar-refractivity contribution >= 4 is 5.96 Å². The molecule has 150 valence electrons. The minimum absolute atomic E-state index is 0.157. The fourth-order valence-corrected chi connectivity index (χ4v) is 5.39. The minimum Gasteiger partial charge on any atom is -0.377 e. The van der Waals surface area contributed by atoms with Crippen molar-refractivity contribution < 1.29 is 9.47 Å². The summed E-state index contributed by atoms with van der Waals surface area (Å²) in [6, 6.07) is 0.431. The maximum Gasteiger partial charge on any atom is 0.191 e. The van der Waals surface area contributed by atoms with Crippen molar-refractivity contribution in [2.75, 3.05) is 26.8 Å². The molecule has 5 atom stereocenters. The van der Waals surface area contributed by atoms with Crippen molar-refractivity contribution in [3.63, 3.8) is 0 Å². The molecule has 0 radical (unpaired) electrons. The number of nitrogens with one attached hydrogen (secondary N) is 2. The highest BCUT2D eigenvalue weighted by molar-refractivity contribution is 5.80. The first-order chi connectivity index (χ1) is 12.2. The van der Waals surface area contributed by atoms with Crippen LogP contribution in [-0.4, -0.2) is 51.0 Å². The first-order valence-electron chi connectivity index (χ1n) is 10.5. The summed E-state index contributed by atoms with van der Waals surface area (Å²) in [6.45, 7) is 14.2. The summed E-state index contributed by atoms with van der Waals surface area (Å²) in [7, 11) is 1.87. The van der Waals surface area contributed by atoms with Crippen LogP contribution in [-0.2, 0) is 9.47 Å². The van der Waals surface area contributed by atoms with Crippen LogP contribution < -0.4 is 10.6 Å². The van der Waals surface area contributed by atoms with Crippen molar-refractivity contribution in [3.05, 3.63) is 0 Å². The number of rotatable bonds is 3. The molecule has 1 saturated carbocycles. The van der Waals surface area contributed by atoms with Crippen LogP contribution in [0.5, 0.6) is 0 Å². The second-order valence-electron chi connectivity index (χ2n) is 10.1. The molecule has 5 heteroatoms. The van der Waals surface area contributed by atoms with Crippen LogP contribution in [0.2, 0.25) is 0 Å². The number of nitrogens with zero attached hydrogens (tertiary/aromatic N) is 1. The van der Waals surface area contributed by atoms with E-state index in [1.807, 2.05) is 7.05 Å². The predicted octanol–water partition coefficient (Wildman–Crippen LogP) is 3.20. The summed E-state index contributed by atoms with van der Waals surface area (Å²) in [4.78, 5) is 4.50. The quantitative estimate of drug-likeness (QED) is 0.596. The summed E-state index contributed by atoms with van der Waals surface area (Å²) in [5.41, 5.74) is 0.330. The van der Waals surface area contributed by atoms with Crippen LogP contribution in [0.15, 0.2) is 4.99 Å². The molecule has 2 saturated heterocycles. The van der Waals surface area contributed by atoms with Gasteiger partial charge in [0, 0.05) is 50.1 Å². The van der Waals surface area contributed by atoms with Gasteiger partial charge in [0.1, 0.15) is 0 Å². The second-order valence-corrected chi connectivity index (χ2v) is 10.1. The standard InChI is InChI=1S/C21H39N3O2/c1-20(2,3)17-14(9-7-11-25-17)13-23-19(22-6)24-16-15-10-8-12-26-18(15)21(16,4)5/h14-18H,7-13H2,1-6H3,(H2,22,23,24). The molecular weight excluding hydrogens is 326 g/mol. The van der Waals surface area contributed by atoms with Crippen molar-refractivity contribution in [1.82, 2.24) is 10.6 Å². The maximum absolute atomic E-state index is 6.12. The minimum atomic E-state index is 0.157. The lowest BCUT2D eigenvalue weighted by Crippen LogP contribution is -2.71. The van der Waals surface area contributed by atoms with Gasteiger partial charge in [0.2, 0.25) is 0 Å². The monoisotopic (exact) mass is 365 g/mol. The number of aliphatic imine (C=N–C) groups is 1. The first kappa shape index (κ1) is 19.9. The van der Waals surface area contributed by atoms with Gasteiger partial charge in [-0.3, -0.25) is 4.99 Å². The predicted molar refractivity (Wildman–Crippen MR) is 106 cm³/mol. The summed E-state index contributed by atoms with van der Waals surface area (Å²) in [5, 5.41) is 7.30. The van der Waals surface area contributed by atoms with E-state index in [1.54, 1.807) is 0 Å². The lowest BCUT2D eigenvalue weighted by Gasteiger charge is -2.60. The van der Waals surface area contributed by atoms with Crippen LogP contribution in [0.1, 0.15) is 60.3 Å². The van der Waals surface area contributed by atoms with Gasteiger partial charge in [0.15, 0.2) is 5.96 Å². The molecule has 3 fully saturated rings. The highest BCUT2D eigenvalue weighted by Gasteiger charge is 2.58. The molecule has 0 bridgehead atoms. The van der Waals surface area contributed by atoms with Crippen LogP contribution >= 0.6 is 0 Å². The van der Waals surface area contributed by atoms with Gasteiger partial charge in [0.05, 0.1) is 12.2 Å². The molecule has 5 unspecified atom stereocenters. The molecule has 0 aromatic rings. The lowest BCUT2D eigenvalue weighted by atomic mass is 9.55. The summed E-state index contributed by atoms with van der Waals surface area (Å²) >= 11 is 0. The molecule has 3 rings (SSSR count). The fourth-order valence-electron chi connectivity index (χ4n) is 5.39. The molecule has 0 amide bonds. The smallest absolute Gasteiger partial charge is 0.191 e. The molecule has 2 N–H and O–H groups in total. The topological polar surface area (TPSA) is 54.9 Å². The lowest BCUT2D eigenvalue weighted by molar-refractivity contribution is -0.188. The van der Waals surface area contributed by atoms with Crippen molar-refractivity contribution in [2.24, 2.45) is 27.7 Å². The molecule has 2 heterocycles. The van der Waals surface area contributed by atoms with E-state index in [0.29, 0.717) is 30.1 Å². The largest absolute Gasteiger partial charge is 0.377 e. The first-order valence-corrected chi connectivity index (χ1v) is 10.5. The van der Waals surface area contributed by atoms with Gasteiger partial charge in [-0.05, 0) is 31.1 Å². The summed E-state index contributed by atoms with van der Waals surface area (Å²) < 4.78 is 12.1. The number of fused-ring (bicyclic) bond motifs is 1. The van der Waals surface area contributed by atoms with Crippen LogP contribution in [0.4, 0.5) is 0 Å². The molecule has 0 aromatic heterocycles. The molecule has 3 aliphatic rings. The average Bonchev–Trinajstić information content (AvgIpc) is 2.61. The van der Waals surface area contributed by atoms with Gasteiger partial charge in [0.25, 0.3) is 0 Å². The van der Waals surface area contributed by atoms with E-state index in [1.165, 1.54) is 19.3 Å². The molecule has 0 spiro atoms. The normalized spacial score (nSPS) is 37.5. The summed E-state index contributed by atoms with van der Waals surface area (Å²) in [5.74, 6) is 2.06. The Bertz CT molecular complexity index is 512. The van der Waals surface area contributed by atoms with E-state index in [-0.39, 0.29) is 10.8 Å². The number of hydrogen-bond donors (Lipinski definition) is 2. The van der Waals surface area contributed by atoms with Crippen LogP contribution in [0.25, 0.3) is 0 Å². The Kier molecular flexibility index (Phi) is 5.88. The zero-order valence-corrected chi connectivity index (χ0v) is 17.6. The molecule has 26 heavy (non-hydrogen) atoms. The van der Waals surface area contributed by atoms with E-state index >= 15 is 0 Å². The van der Waals surface area contributed by atoms with Crippen LogP contribution in [0, 0.1) is 22.7 Å². The van der Waals surface area contributed by atoms with E-state index in [4.69, 9.17) is 9.47 Å². The Morgan fingerprint density at radius 3 is 2.50 bits per heavy atom. The van der Waals surface area contributed by atoms with Gasteiger partial charge < -0.3 is 20.1 Å². The molecule has 5 nitrogen and oxygen atoms in total. The molecule has 0 aromatic carbocycles. The third-order valence-electron chi connectivity index (χ3n) is 6.68. The Morgan fingerprint density at radius 1 is 1.12 bits per heavy atom. The van der Waals surface area contributed by atoms with E-state index in [2.05, 4.69) is 50.2 Å². The second kappa shape index (κ2) is 7.67. The number of hydrogen-bond acceptors (Lipinski definition) is 3. The van der Waals surface area contributed by atoms with E-state index in [0.717, 1.165) is 32.1 Å². The van der Waals surface area contributed by atoms with Crippen molar-refractivity contribution in [3.8, 4) is 0 Å². The molecule has 1 aliphatic carbocycles. The highest BCUT2D eigenvalue weighted by atomic mass is 16.5. The molecule has 2 aliphatic heterocycles. The Labute approximate surface area is 159 Å². The zero-order chi connectivity index (χ0) is 18.9. The van der Waals surface area contributed by atoms with E-state index < -0.39 is 0 Å². The van der Waals surface area contributed by atoms with Gasteiger partial charge >= 0.3 is 0 Å². The Hall–Kier alpha value is -0.810. The Morgan fingerprint density at radius 2 is 1.81 bits per heavy atom. The molecular formula is C21H39N3O2. The number of ether oxygens (including phenoxy) is 2. The number of guanidine groups is 1. The third-order valence-corrected chi connectivity index (χ3v) is 6.68. The zero-order valence-electron chi connectivity index (χ0n) is 17.6. The fraction of sp³-hybridized carbons (Fsp3) is 0.952. The SMILES string of the molecule is CN=C(NCC1CCCOC1C(C)(C)C)NC1C2CCCOC2C1(C)C. The van der Waals surface area contributed by atoms with Gasteiger partial charge in [-0.2, -0.15) is 0 Å². The highest BCUT2D eigenvalue weighted by Crippen LogP contribution is 2.51. The summed E-state index contributed by atoms with van der Waals surface area (Å²) in [6.07, 6.45) is 5.50. The third kappa shape index (κ3) is 3.89. The van der Waals surface area contributed by atoms with Gasteiger partial charge in [-0.25, -0.2) is 0 Å². The van der Waals surface area contributed by atoms with Crippen LogP contribution in [0.3, 0.4) is 0 Å². The van der Waals surface area contributed by atoms with Gasteiger partial charge in [-0.1, -0.05) is 34.6 Å². The van der Waals surface area contributed by atoms with Crippen molar-refractivity contribution in [1.29, 1.82) is 0 Å². The van der Waals surface area contributed by atoms with E-state index in [9.17, 15) is 0 Å². The maximum atomic E-state index is 6.12.